The molecule has 0 unspecified atom stereocenters. The van der Waals surface area contributed by atoms with Crippen molar-refractivity contribution < 1.29 is 9.53 Å². The molecule has 0 aliphatic carbocycles. The highest BCUT2D eigenvalue weighted by Gasteiger charge is 2.14. The molecule has 0 spiro atoms. The zero-order chi connectivity index (χ0) is 21.2. The Morgan fingerprint density at radius 3 is 2.77 bits per heavy atom. The van der Waals surface area contributed by atoms with Crippen molar-refractivity contribution in [2.24, 2.45) is 5.73 Å². The zero-order valence-electron chi connectivity index (χ0n) is 17.5. The number of aromatic nitrogens is 3. The Bertz CT molecular complexity index is 1220. The zero-order valence-corrected chi connectivity index (χ0v) is 17.5. The van der Waals surface area contributed by atoms with Crippen LogP contribution in [0.4, 0.5) is 0 Å². The minimum Gasteiger partial charge on any atom is -0.379 e. The van der Waals surface area contributed by atoms with Gasteiger partial charge in [-0.05, 0) is 61.7 Å². The summed E-state index contributed by atoms with van der Waals surface area (Å²) in [5.74, 6) is -0.443. The summed E-state index contributed by atoms with van der Waals surface area (Å²) in [6.07, 6.45) is 3.42. The summed E-state index contributed by atoms with van der Waals surface area (Å²) in [7, 11) is 0. The highest BCUT2D eigenvalue weighted by molar-refractivity contribution is 6.01. The Balaban J connectivity index is 1.34. The number of unbranched alkanes of at least 4 members (excludes halogenated alkanes) is 1. The van der Waals surface area contributed by atoms with Gasteiger partial charge < -0.3 is 15.5 Å². The van der Waals surface area contributed by atoms with E-state index in [4.69, 9.17) is 10.5 Å². The van der Waals surface area contributed by atoms with Gasteiger partial charge in [-0.1, -0.05) is 12.1 Å². The molecule has 1 aliphatic heterocycles. The SMILES string of the molecule is NC(=O)c1ccc2c(-c3cc4c(CCCCN5CCOCC5)cccc4[nH]3)n[nH]c2c1. The molecule has 0 saturated carbocycles. The first-order valence-electron chi connectivity index (χ1n) is 10.9. The van der Waals surface area contributed by atoms with Crippen LogP contribution in [-0.4, -0.2) is 58.8 Å². The van der Waals surface area contributed by atoms with E-state index in [1.54, 1.807) is 12.1 Å². The standard InChI is InChI=1S/C24H27N5O2/c25-24(30)17-7-8-18-21(14-17)27-28-23(18)22-15-19-16(5-3-6-20(19)26-22)4-1-2-9-29-10-12-31-13-11-29/h3,5-8,14-15,26H,1-2,4,9-13H2,(H2,25,30)(H,27,28). The predicted molar refractivity (Wildman–Crippen MR) is 122 cm³/mol. The van der Waals surface area contributed by atoms with Crippen molar-refractivity contribution in [2.75, 3.05) is 32.8 Å². The molecule has 0 radical (unpaired) electrons. The predicted octanol–water partition coefficient (Wildman–Crippen LogP) is 3.47. The molecule has 1 fully saturated rings. The molecule has 0 atom stereocenters. The van der Waals surface area contributed by atoms with Gasteiger partial charge in [0.15, 0.2) is 0 Å². The highest BCUT2D eigenvalue weighted by atomic mass is 16.5. The number of aromatic amines is 2. The van der Waals surface area contributed by atoms with E-state index in [9.17, 15) is 4.79 Å². The van der Waals surface area contributed by atoms with Gasteiger partial charge in [-0.25, -0.2) is 0 Å². The fourth-order valence-corrected chi connectivity index (χ4v) is 4.42. The topological polar surface area (TPSA) is 100 Å². The van der Waals surface area contributed by atoms with E-state index in [0.717, 1.165) is 73.5 Å². The molecule has 3 heterocycles. The van der Waals surface area contributed by atoms with Crippen LogP contribution in [0.3, 0.4) is 0 Å². The average molecular weight is 418 g/mol. The Morgan fingerprint density at radius 1 is 1.06 bits per heavy atom. The van der Waals surface area contributed by atoms with Gasteiger partial charge in [0.2, 0.25) is 5.91 Å². The molecule has 1 saturated heterocycles. The van der Waals surface area contributed by atoms with Gasteiger partial charge in [0.1, 0.15) is 5.69 Å². The number of hydrogen-bond donors (Lipinski definition) is 3. The normalized spacial score (nSPS) is 15.1. The first-order valence-corrected chi connectivity index (χ1v) is 10.9. The number of primary amides is 1. The van der Waals surface area contributed by atoms with Crippen molar-refractivity contribution in [3.63, 3.8) is 0 Å². The van der Waals surface area contributed by atoms with Crippen molar-refractivity contribution in [2.45, 2.75) is 19.3 Å². The molecule has 1 amide bonds. The van der Waals surface area contributed by atoms with E-state index in [1.807, 2.05) is 6.07 Å². The van der Waals surface area contributed by atoms with Crippen molar-refractivity contribution in [3.05, 3.63) is 53.6 Å². The van der Waals surface area contributed by atoms with Gasteiger partial charge in [-0.3, -0.25) is 14.8 Å². The number of nitrogens with two attached hydrogens (primary N) is 1. The molecular formula is C24H27N5O2. The van der Waals surface area contributed by atoms with Crippen LogP contribution in [0.15, 0.2) is 42.5 Å². The fourth-order valence-electron chi connectivity index (χ4n) is 4.42. The maximum Gasteiger partial charge on any atom is 0.248 e. The second-order valence-corrected chi connectivity index (χ2v) is 8.17. The summed E-state index contributed by atoms with van der Waals surface area (Å²) in [6, 6.07) is 14.0. The van der Waals surface area contributed by atoms with Gasteiger partial charge in [0.05, 0.1) is 24.4 Å². The maximum absolute atomic E-state index is 11.4. The van der Waals surface area contributed by atoms with Crippen LogP contribution in [-0.2, 0) is 11.2 Å². The average Bonchev–Trinajstić information content (AvgIpc) is 3.41. The number of nitrogens with one attached hydrogen (secondary N) is 2. The lowest BCUT2D eigenvalue weighted by Crippen LogP contribution is -2.36. The van der Waals surface area contributed by atoms with Crippen LogP contribution >= 0.6 is 0 Å². The lowest BCUT2D eigenvalue weighted by molar-refractivity contribution is 0.0372. The second-order valence-electron chi connectivity index (χ2n) is 8.17. The third-order valence-corrected chi connectivity index (χ3v) is 6.13. The van der Waals surface area contributed by atoms with E-state index in [1.165, 1.54) is 17.4 Å². The molecule has 2 aromatic carbocycles. The third kappa shape index (κ3) is 4.06. The van der Waals surface area contributed by atoms with E-state index in [0.29, 0.717) is 5.56 Å². The number of amides is 1. The number of ether oxygens (including phenoxy) is 1. The van der Waals surface area contributed by atoms with Crippen LogP contribution in [0, 0.1) is 0 Å². The monoisotopic (exact) mass is 417 g/mol. The Hall–Kier alpha value is -3.16. The molecule has 31 heavy (non-hydrogen) atoms. The number of aryl methyl sites for hydroxylation is 1. The summed E-state index contributed by atoms with van der Waals surface area (Å²) in [5.41, 5.74) is 11.0. The summed E-state index contributed by atoms with van der Waals surface area (Å²) >= 11 is 0. The summed E-state index contributed by atoms with van der Waals surface area (Å²) in [5, 5.41) is 9.72. The number of carbonyl (C=O) groups is 1. The minimum absolute atomic E-state index is 0.443. The molecule has 7 heteroatoms. The fraction of sp³-hybridized carbons (Fsp3) is 0.333. The van der Waals surface area contributed by atoms with E-state index >= 15 is 0 Å². The quantitative estimate of drug-likeness (QED) is 0.401. The van der Waals surface area contributed by atoms with Crippen molar-refractivity contribution in [3.8, 4) is 11.4 Å². The van der Waals surface area contributed by atoms with E-state index < -0.39 is 5.91 Å². The lowest BCUT2D eigenvalue weighted by Gasteiger charge is -2.26. The van der Waals surface area contributed by atoms with Gasteiger partial charge in [-0.2, -0.15) is 5.10 Å². The smallest absolute Gasteiger partial charge is 0.248 e. The van der Waals surface area contributed by atoms with Crippen LogP contribution in [0.25, 0.3) is 33.2 Å². The van der Waals surface area contributed by atoms with Gasteiger partial charge in [-0.15, -0.1) is 0 Å². The molecule has 5 rings (SSSR count). The maximum atomic E-state index is 11.4. The number of H-pyrrole nitrogens is 2. The van der Waals surface area contributed by atoms with Crippen molar-refractivity contribution in [1.29, 1.82) is 0 Å². The number of nitrogens with zero attached hydrogens (tertiary/aromatic N) is 2. The van der Waals surface area contributed by atoms with Crippen LogP contribution in [0.1, 0.15) is 28.8 Å². The van der Waals surface area contributed by atoms with Gasteiger partial charge in [0.25, 0.3) is 0 Å². The first-order chi connectivity index (χ1) is 15.2. The molecule has 7 nitrogen and oxygen atoms in total. The second kappa shape index (κ2) is 8.53. The molecule has 0 bridgehead atoms. The van der Waals surface area contributed by atoms with Crippen molar-refractivity contribution >= 4 is 27.7 Å². The number of fused-ring (bicyclic) bond motifs is 2. The lowest BCUT2D eigenvalue weighted by atomic mass is 10.0. The van der Waals surface area contributed by atoms with E-state index in [-0.39, 0.29) is 0 Å². The molecule has 160 valence electrons. The summed E-state index contributed by atoms with van der Waals surface area (Å²) in [4.78, 5) is 17.5. The number of rotatable bonds is 7. The summed E-state index contributed by atoms with van der Waals surface area (Å²) in [6.45, 7) is 4.96. The van der Waals surface area contributed by atoms with Crippen molar-refractivity contribution in [1.82, 2.24) is 20.1 Å². The molecule has 2 aromatic heterocycles. The Labute approximate surface area is 180 Å². The van der Waals surface area contributed by atoms with Crippen LogP contribution in [0.5, 0.6) is 0 Å². The number of hydrogen-bond acceptors (Lipinski definition) is 4. The molecule has 4 N–H and O–H groups in total. The third-order valence-electron chi connectivity index (χ3n) is 6.13. The summed E-state index contributed by atoms with van der Waals surface area (Å²) < 4.78 is 5.43. The highest BCUT2D eigenvalue weighted by Crippen LogP contribution is 2.31. The van der Waals surface area contributed by atoms with Crippen LogP contribution in [0.2, 0.25) is 0 Å². The molecule has 4 aromatic rings. The first kappa shape index (κ1) is 19.8. The Morgan fingerprint density at radius 2 is 1.94 bits per heavy atom. The molecule has 1 aliphatic rings. The number of benzene rings is 2. The Kier molecular flexibility index (Phi) is 5.44. The minimum atomic E-state index is -0.443. The molecular weight excluding hydrogens is 390 g/mol. The number of morpholine rings is 1. The van der Waals surface area contributed by atoms with E-state index in [2.05, 4.69) is 44.3 Å². The largest absolute Gasteiger partial charge is 0.379 e. The van der Waals surface area contributed by atoms with Gasteiger partial charge >= 0.3 is 0 Å². The number of carbonyl (C=O) groups excluding carboxylic acids is 1. The van der Waals surface area contributed by atoms with Gasteiger partial charge in [0, 0.05) is 34.9 Å². The van der Waals surface area contributed by atoms with Crippen LogP contribution < -0.4 is 5.73 Å².